The Hall–Kier alpha value is -1.85. The summed E-state index contributed by atoms with van der Waals surface area (Å²) in [6, 6.07) is 7.53. The van der Waals surface area contributed by atoms with Gasteiger partial charge in [0, 0.05) is 6.20 Å². The molecule has 3 rings (SSSR count). The molecule has 1 saturated heterocycles. The second-order valence-corrected chi connectivity index (χ2v) is 8.16. The van der Waals surface area contributed by atoms with Crippen LogP contribution in [0.25, 0.3) is 0 Å². The molecule has 0 atom stereocenters. The number of rotatable bonds is 5. The van der Waals surface area contributed by atoms with Crippen LogP contribution in [-0.4, -0.2) is 43.3 Å². The molecular weight excluding hydrogens is 441 g/mol. The maximum absolute atomic E-state index is 12.5. The van der Waals surface area contributed by atoms with Crippen LogP contribution in [0.5, 0.6) is 11.6 Å². The first-order chi connectivity index (χ1) is 12.1. The molecule has 0 aliphatic carbocycles. The van der Waals surface area contributed by atoms with Gasteiger partial charge >= 0.3 is 6.36 Å². The summed E-state index contributed by atoms with van der Waals surface area (Å²) in [5.41, 5.74) is 0. The number of pyridine rings is 1. The molecule has 1 aromatic heterocycles. The zero-order valence-corrected chi connectivity index (χ0v) is 15.4. The highest BCUT2D eigenvalue weighted by molar-refractivity contribution is 9.10. The number of hydrogen-bond donors (Lipinski definition) is 0. The first-order valence-corrected chi connectivity index (χ1v) is 9.51. The van der Waals surface area contributed by atoms with Gasteiger partial charge in [-0.15, -0.1) is 13.2 Å². The molecule has 0 spiro atoms. The Morgan fingerprint density at radius 2 is 1.81 bits per heavy atom. The summed E-state index contributed by atoms with van der Waals surface area (Å²) in [6.45, 7) is 0.234. The van der Waals surface area contributed by atoms with E-state index in [9.17, 15) is 21.6 Å². The number of nitrogens with zero attached hydrogens (tertiary/aromatic N) is 2. The van der Waals surface area contributed by atoms with Crippen molar-refractivity contribution in [1.82, 2.24) is 9.29 Å². The van der Waals surface area contributed by atoms with E-state index >= 15 is 0 Å². The van der Waals surface area contributed by atoms with Gasteiger partial charge in [0.2, 0.25) is 15.9 Å². The molecule has 1 aliphatic heterocycles. The van der Waals surface area contributed by atoms with Crippen molar-refractivity contribution in [2.45, 2.75) is 17.4 Å². The summed E-state index contributed by atoms with van der Waals surface area (Å²) < 4.78 is 72.5. The van der Waals surface area contributed by atoms with Gasteiger partial charge in [0.15, 0.2) is 0 Å². The summed E-state index contributed by atoms with van der Waals surface area (Å²) in [5, 5.41) is 0. The average Bonchev–Trinajstić information content (AvgIpc) is 2.51. The van der Waals surface area contributed by atoms with Crippen LogP contribution in [0.15, 0.2) is 52.0 Å². The Labute approximate surface area is 155 Å². The van der Waals surface area contributed by atoms with Crippen molar-refractivity contribution in [1.29, 1.82) is 0 Å². The second kappa shape index (κ2) is 7.05. The van der Waals surface area contributed by atoms with E-state index in [1.807, 2.05) is 0 Å². The molecule has 1 fully saturated rings. The molecule has 0 amide bonds. The zero-order chi connectivity index (χ0) is 18.9. The van der Waals surface area contributed by atoms with Crippen molar-refractivity contribution in [2.75, 3.05) is 13.1 Å². The lowest BCUT2D eigenvalue weighted by atomic mass is 10.2. The highest BCUT2D eigenvalue weighted by atomic mass is 79.9. The summed E-state index contributed by atoms with van der Waals surface area (Å²) in [5.74, 6) is -0.121. The third-order valence-electron chi connectivity index (χ3n) is 3.51. The van der Waals surface area contributed by atoms with E-state index in [1.54, 1.807) is 18.3 Å². The number of sulfonamides is 1. The molecule has 0 unspecified atom stereocenters. The molecule has 2 aromatic rings. The predicted octanol–water partition coefficient (Wildman–Crippen LogP) is 3.19. The lowest BCUT2D eigenvalue weighted by molar-refractivity contribution is -0.274. The molecule has 6 nitrogen and oxygen atoms in total. The lowest BCUT2D eigenvalue weighted by Gasteiger charge is -2.37. The normalized spacial score (nSPS) is 16.2. The van der Waals surface area contributed by atoms with Crippen LogP contribution in [0.1, 0.15) is 0 Å². The molecule has 1 aromatic carbocycles. The fourth-order valence-corrected chi connectivity index (χ4v) is 4.10. The van der Waals surface area contributed by atoms with Crippen molar-refractivity contribution in [2.24, 2.45) is 0 Å². The number of benzene rings is 1. The second-order valence-electron chi connectivity index (χ2n) is 5.37. The third-order valence-corrected chi connectivity index (χ3v) is 5.96. The Balaban J connectivity index is 1.62. The average molecular weight is 453 g/mol. The van der Waals surface area contributed by atoms with Crippen LogP contribution in [0.2, 0.25) is 0 Å². The Morgan fingerprint density at radius 1 is 1.15 bits per heavy atom. The van der Waals surface area contributed by atoms with Crippen LogP contribution < -0.4 is 9.47 Å². The van der Waals surface area contributed by atoms with E-state index < -0.39 is 22.1 Å². The molecule has 0 N–H and O–H groups in total. The number of halogens is 4. The van der Waals surface area contributed by atoms with E-state index in [0.29, 0.717) is 10.4 Å². The predicted molar refractivity (Wildman–Crippen MR) is 88.2 cm³/mol. The standard InChI is InChI=1S/C15H12BrF3N2O4S/c16-13-2-1-7-20-14(13)24-11-8-21(9-11)26(22,23)12-5-3-10(4-6-12)25-15(17,18)19/h1-7,11H,8-9H2. The molecule has 11 heteroatoms. The van der Waals surface area contributed by atoms with Crippen LogP contribution in [-0.2, 0) is 10.0 Å². The van der Waals surface area contributed by atoms with Gasteiger partial charge in [-0.1, -0.05) is 0 Å². The van der Waals surface area contributed by atoms with E-state index in [4.69, 9.17) is 4.74 Å². The van der Waals surface area contributed by atoms with E-state index in [2.05, 4.69) is 25.7 Å². The smallest absolute Gasteiger partial charge is 0.471 e. The number of hydrogen-bond acceptors (Lipinski definition) is 5. The topological polar surface area (TPSA) is 68.7 Å². The molecule has 1 aliphatic rings. The minimum absolute atomic E-state index is 0.117. The quantitative estimate of drug-likeness (QED) is 0.696. The van der Waals surface area contributed by atoms with Gasteiger partial charge in [0.1, 0.15) is 11.9 Å². The minimum Gasteiger partial charge on any atom is -0.471 e. The minimum atomic E-state index is -4.83. The van der Waals surface area contributed by atoms with Crippen molar-refractivity contribution in [3.05, 3.63) is 47.1 Å². The summed E-state index contributed by atoms with van der Waals surface area (Å²) >= 11 is 3.29. The third kappa shape index (κ3) is 4.27. The van der Waals surface area contributed by atoms with E-state index in [1.165, 1.54) is 4.31 Å². The monoisotopic (exact) mass is 452 g/mol. The van der Waals surface area contributed by atoms with Crippen LogP contribution in [0, 0.1) is 0 Å². The summed E-state index contributed by atoms with van der Waals surface area (Å²) in [7, 11) is -3.81. The first-order valence-electron chi connectivity index (χ1n) is 7.28. The van der Waals surface area contributed by atoms with Gasteiger partial charge in [0.05, 0.1) is 22.5 Å². The van der Waals surface area contributed by atoms with Gasteiger partial charge in [-0.05, 0) is 52.3 Å². The molecule has 26 heavy (non-hydrogen) atoms. The highest BCUT2D eigenvalue weighted by Gasteiger charge is 2.39. The maximum Gasteiger partial charge on any atom is 0.573 e. The Morgan fingerprint density at radius 3 is 2.38 bits per heavy atom. The highest BCUT2D eigenvalue weighted by Crippen LogP contribution is 2.29. The van der Waals surface area contributed by atoms with Gasteiger partial charge in [-0.25, -0.2) is 13.4 Å². The molecule has 2 heterocycles. The van der Waals surface area contributed by atoms with Crippen LogP contribution in [0.4, 0.5) is 13.2 Å². The molecule has 0 bridgehead atoms. The summed E-state index contributed by atoms with van der Waals surface area (Å²) in [6.07, 6.45) is -3.64. The molecule has 140 valence electrons. The molecule has 0 saturated carbocycles. The summed E-state index contributed by atoms with van der Waals surface area (Å²) in [4.78, 5) is 3.92. The van der Waals surface area contributed by atoms with E-state index in [0.717, 1.165) is 24.3 Å². The van der Waals surface area contributed by atoms with E-state index in [-0.39, 0.29) is 24.1 Å². The van der Waals surface area contributed by atoms with Crippen LogP contribution >= 0.6 is 15.9 Å². The largest absolute Gasteiger partial charge is 0.573 e. The molecular formula is C15H12BrF3N2O4S. The van der Waals surface area contributed by atoms with Crippen molar-refractivity contribution < 1.29 is 31.1 Å². The maximum atomic E-state index is 12.5. The van der Waals surface area contributed by atoms with Crippen molar-refractivity contribution in [3.63, 3.8) is 0 Å². The lowest BCUT2D eigenvalue weighted by Crippen LogP contribution is -2.56. The van der Waals surface area contributed by atoms with Crippen molar-refractivity contribution in [3.8, 4) is 11.6 Å². The van der Waals surface area contributed by atoms with Gasteiger partial charge in [-0.2, -0.15) is 4.31 Å². The van der Waals surface area contributed by atoms with Crippen LogP contribution in [0.3, 0.4) is 0 Å². The first kappa shape index (κ1) is 18.9. The number of alkyl halides is 3. The fourth-order valence-electron chi connectivity index (χ4n) is 2.25. The van der Waals surface area contributed by atoms with Gasteiger partial charge in [-0.3, -0.25) is 0 Å². The molecule has 0 radical (unpaired) electrons. The van der Waals surface area contributed by atoms with Gasteiger partial charge in [0.25, 0.3) is 0 Å². The number of aromatic nitrogens is 1. The Kier molecular flexibility index (Phi) is 5.13. The zero-order valence-electron chi connectivity index (χ0n) is 13.0. The van der Waals surface area contributed by atoms with Crippen molar-refractivity contribution >= 4 is 26.0 Å². The SMILES string of the molecule is O=S(=O)(c1ccc(OC(F)(F)F)cc1)N1CC(Oc2ncccc2Br)C1. The van der Waals surface area contributed by atoms with Gasteiger partial charge < -0.3 is 9.47 Å². The Bertz CT molecular complexity index is 885. The fraction of sp³-hybridized carbons (Fsp3) is 0.267. The number of ether oxygens (including phenoxy) is 2.